The molecule has 128 valence electrons. The number of carboxylic acid groups (broad SMARTS) is 1. The standard InChI is InChI=1S/C6H14O6.C5H11NO2S/c7-1-3(9)5(11)6(12)4(10)2-8;1-9-3-2-4(6)5(7)8/h3-12H,1-2H2;4H,2-3,6H2,1H3,(H,7,8)/t3-,4-,5-,6-;/m1./s1. The lowest BCUT2D eigenvalue weighted by atomic mass is 10.0. The Hall–Kier alpha value is -0.460. The molecule has 9 nitrogen and oxygen atoms in total. The van der Waals surface area contributed by atoms with Gasteiger partial charge in [-0.2, -0.15) is 11.8 Å². The number of nitrogens with two attached hydrogens (primary N) is 1. The van der Waals surface area contributed by atoms with Crippen molar-refractivity contribution in [1.82, 2.24) is 0 Å². The fourth-order valence-electron chi connectivity index (χ4n) is 1.04. The van der Waals surface area contributed by atoms with Gasteiger partial charge in [-0.05, 0) is 18.4 Å². The van der Waals surface area contributed by atoms with E-state index in [9.17, 15) is 4.79 Å². The van der Waals surface area contributed by atoms with Gasteiger partial charge in [0.15, 0.2) is 0 Å². The number of carboxylic acids is 1. The van der Waals surface area contributed by atoms with Gasteiger partial charge in [0.25, 0.3) is 0 Å². The second-order valence-electron chi connectivity index (χ2n) is 4.21. The Balaban J connectivity index is 0. The molecule has 0 aromatic rings. The molecular weight excluding hydrogens is 306 g/mol. The molecule has 5 atom stereocenters. The average molecular weight is 331 g/mol. The molecule has 0 spiro atoms. The van der Waals surface area contributed by atoms with E-state index in [4.69, 9.17) is 41.5 Å². The zero-order valence-corrected chi connectivity index (χ0v) is 12.6. The lowest BCUT2D eigenvalue weighted by molar-refractivity contribution is -0.138. The molecule has 0 aliphatic heterocycles. The van der Waals surface area contributed by atoms with Crippen molar-refractivity contribution in [1.29, 1.82) is 0 Å². The van der Waals surface area contributed by atoms with Gasteiger partial charge in [0, 0.05) is 0 Å². The van der Waals surface area contributed by atoms with Crippen LogP contribution in [-0.2, 0) is 4.79 Å². The Morgan fingerprint density at radius 3 is 1.67 bits per heavy atom. The molecule has 0 bridgehead atoms. The molecule has 0 rings (SSSR count). The van der Waals surface area contributed by atoms with Crippen molar-refractivity contribution < 1.29 is 40.5 Å². The lowest BCUT2D eigenvalue weighted by Gasteiger charge is -2.24. The van der Waals surface area contributed by atoms with Crippen LogP contribution in [0.3, 0.4) is 0 Å². The predicted octanol–water partition coefficient (Wildman–Crippen LogP) is -3.43. The molecule has 0 aliphatic carbocycles. The summed E-state index contributed by atoms with van der Waals surface area (Å²) >= 11 is 1.60. The van der Waals surface area contributed by atoms with Crippen LogP contribution in [0.5, 0.6) is 0 Å². The highest BCUT2D eigenvalue weighted by molar-refractivity contribution is 7.98. The third-order valence-electron chi connectivity index (χ3n) is 2.46. The van der Waals surface area contributed by atoms with Crippen LogP contribution in [0.2, 0.25) is 0 Å². The first-order valence-electron chi connectivity index (χ1n) is 6.14. The van der Waals surface area contributed by atoms with Crippen molar-refractivity contribution in [3.63, 3.8) is 0 Å². The summed E-state index contributed by atoms with van der Waals surface area (Å²) in [4.78, 5) is 10.1. The van der Waals surface area contributed by atoms with E-state index < -0.39 is 49.6 Å². The van der Waals surface area contributed by atoms with E-state index in [-0.39, 0.29) is 0 Å². The predicted molar refractivity (Wildman–Crippen MR) is 76.8 cm³/mol. The lowest BCUT2D eigenvalue weighted by Crippen LogP contribution is -2.46. The van der Waals surface area contributed by atoms with Crippen LogP contribution in [0.15, 0.2) is 0 Å². The first-order valence-corrected chi connectivity index (χ1v) is 7.53. The molecule has 10 heteroatoms. The van der Waals surface area contributed by atoms with Crippen molar-refractivity contribution >= 4 is 17.7 Å². The smallest absolute Gasteiger partial charge is 0.320 e. The maximum atomic E-state index is 10.1. The first kappa shape index (κ1) is 22.8. The minimum absolute atomic E-state index is 0.552. The molecule has 0 saturated carbocycles. The Bertz CT molecular complexity index is 257. The highest BCUT2D eigenvalue weighted by Crippen LogP contribution is 2.04. The van der Waals surface area contributed by atoms with Crippen molar-refractivity contribution in [2.45, 2.75) is 36.9 Å². The molecule has 0 aromatic carbocycles. The number of hydrogen-bond donors (Lipinski definition) is 8. The molecule has 0 amide bonds. The summed E-state index contributed by atoms with van der Waals surface area (Å²) in [7, 11) is 0. The Kier molecular flexibility index (Phi) is 14.4. The van der Waals surface area contributed by atoms with Crippen LogP contribution in [0.4, 0.5) is 0 Å². The van der Waals surface area contributed by atoms with Gasteiger partial charge in [0.1, 0.15) is 30.5 Å². The van der Waals surface area contributed by atoms with Gasteiger partial charge in [0.2, 0.25) is 0 Å². The van der Waals surface area contributed by atoms with Crippen LogP contribution in [0, 0.1) is 0 Å². The van der Waals surface area contributed by atoms with Gasteiger partial charge >= 0.3 is 5.97 Å². The minimum atomic E-state index is -1.67. The number of hydrogen-bond acceptors (Lipinski definition) is 9. The summed E-state index contributed by atoms with van der Waals surface area (Å²) in [6.45, 7) is -1.45. The van der Waals surface area contributed by atoms with Crippen molar-refractivity contribution in [3.8, 4) is 0 Å². The van der Waals surface area contributed by atoms with Gasteiger partial charge in [-0.15, -0.1) is 0 Å². The highest BCUT2D eigenvalue weighted by Gasteiger charge is 2.29. The maximum Gasteiger partial charge on any atom is 0.320 e. The molecule has 0 fully saturated rings. The Morgan fingerprint density at radius 1 is 1.05 bits per heavy atom. The number of carbonyl (C=O) groups is 1. The fourth-order valence-corrected chi connectivity index (χ4v) is 1.53. The van der Waals surface area contributed by atoms with Crippen molar-refractivity contribution in [3.05, 3.63) is 0 Å². The topological polar surface area (TPSA) is 185 Å². The molecule has 0 aliphatic rings. The number of aliphatic hydroxyl groups is 6. The molecule has 0 radical (unpaired) electrons. The summed E-state index contributed by atoms with van der Waals surface area (Å²) in [6, 6.07) is -0.683. The summed E-state index contributed by atoms with van der Waals surface area (Å²) in [5, 5.41) is 60.5. The summed E-state index contributed by atoms with van der Waals surface area (Å²) in [5.41, 5.74) is 5.19. The third-order valence-corrected chi connectivity index (χ3v) is 3.11. The molecule has 1 unspecified atom stereocenters. The highest BCUT2D eigenvalue weighted by atomic mass is 32.2. The zero-order valence-electron chi connectivity index (χ0n) is 11.7. The Labute approximate surface area is 127 Å². The molecule has 9 N–H and O–H groups in total. The molecular formula is C11H25NO8S. The van der Waals surface area contributed by atoms with E-state index in [1.807, 2.05) is 6.26 Å². The van der Waals surface area contributed by atoms with Gasteiger partial charge in [-0.3, -0.25) is 4.79 Å². The van der Waals surface area contributed by atoms with E-state index in [2.05, 4.69) is 0 Å². The fraction of sp³-hybridized carbons (Fsp3) is 0.909. The molecule has 0 aromatic heterocycles. The summed E-state index contributed by atoms with van der Waals surface area (Å²) < 4.78 is 0. The van der Waals surface area contributed by atoms with Crippen LogP contribution in [0.25, 0.3) is 0 Å². The zero-order chi connectivity index (χ0) is 17.0. The van der Waals surface area contributed by atoms with E-state index >= 15 is 0 Å². The second-order valence-corrected chi connectivity index (χ2v) is 5.19. The average Bonchev–Trinajstić information content (AvgIpc) is 2.49. The number of aliphatic carboxylic acids is 1. The first-order chi connectivity index (χ1) is 9.72. The quantitative estimate of drug-likeness (QED) is 0.211. The SMILES string of the molecule is CSCCC(N)C(=O)O.OC[C@@H](O)[C@@H](O)[C@H](O)[C@H](O)CO. The monoisotopic (exact) mass is 331 g/mol. The normalized spacial score (nSPS) is 17.9. The number of aliphatic hydroxyl groups excluding tert-OH is 6. The van der Waals surface area contributed by atoms with Crippen molar-refractivity contribution in [2.24, 2.45) is 5.73 Å². The summed E-state index contributed by atoms with van der Waals surface area (Å²) in [6.07, 6.45) is -3.91. The molecule has 0 saturated heterocycles. The van der Waals surface area contributed by atoms with Crippen LogP contribution < -0.4 is 5.73 Å². The maximum absolute atomic E-state index is 10.1. The van der Waals surface area contributed by atoms with E-state index in [0.717, 1.165) is 5.75 Å². The number of rotatable bonds is 9. The van der Waals surface area contributed by atoms with E-state index in [1.54, 1.807) is 11.8 Å². The van der Waals surface area contributed by atoms with Crippen LogP contribution >= 0.6 is 11.8 Å². The van der Waals surface area contributed by atoms with E-state index in [0.29, 0.717) is 6.42 Å². The minimum Gasteiger partial charge on any atom is -0.480 e. The largest absolute Gasteiger partial charge is 0.480 e. The summed E-state index contributed by atoms with van der Waals surface area (Å²) in [5.74, 6) is -0.1000. The number of thioether (sulfide) groups is 1. The Morgan fingerprint density at radius 2 is 1.43 bits per heavy atom. The van der Waals surface area contributed by atoms with Gasteiger partial charge < -0.3 is 41.5 Å². The van der Waals surface area contributed by atoms with Gasteiger partial charge in [0.05, 0.1) is 13.2 Å². The van der Waals surface area contributed by atoms with Crippen LogP contribution in [-0.4, -0.2) is 97.4 Å². The molecule has 0 heterocycles. The molecule has 21 heavy (non-hydrogen) atoms. The second kappa shape index (κ2) is 13.2. The van der Waals surface area contributed by atoms with E-state index in [1.165, 1.54) is 0 Å². The van der Waals surface area contributed by atoms with Gasteiger partial charge in [-0.1, -0.05) is 0 Å². The van der Waals surface area contributed by atoms with Crippen LogP contribution in [0.1, 0.15) is 6.42 Å². The third kappa shape index (κ3) is 10.8. The van der Waals surface area contributed by atoms with Crippen molar-refractivity contribution in [2.75, 3.05) is 25.2 Å². The van der Waals surface area contributed by atoms with Gasteiger partial charge in [-0.25, -0.2) is 0 Å².